The van der Waals surface area contributed by atoms with Gasteiger partial charge in [-0.3, -0.25) is 0 Å². The number of nitrogens with one attached hydrogen (secondary N) is 1. The number of rotatable bonds is 4. The molecule has 1 aromatic heterocycles. The first-order valence-electron chi connectivity index (χ1n) is 5.70. The molecule has 18 heavy (non-hydrogen) atoms. The zero-order chi connectivity index (χ0) is 13.0. The number of nitrogens with zero attached hydrogens (tertiary/aromatic N) is 1. The average Bonchev–Trinajstić information content (AvgIpc) is 2.40. The Morgan fingerprint density at radius 3 is 2.89 bits per heavy atom. The molecule has 0 saturated carbocycles. The molecule has 0 radical (unpaired) electrons. The maximum Gasteiger partial charge on any atom is 0.126 e. The van der Waals surface area contributed by atoms with E-state index in [2.05, 4.69) is 10.3 Å². The third kappa shape index (κ3) is 3.14. The molecule has 0 aliphatic carbocycles. The molecule has 0 spiro atoms. The van der Waals surface area contributed by atoms with Crippen LogP contribution in [0.1, 0.15) is 11.1 Å². The van der Waals surface area contributed by atoms with E-state index in [1.54, 1.807) is 6.20 Å². The van der Waals surface area contributed by atoms with E-state index >= 15 is 0 Å². The summed E-state index contributed by atoms with van der Waals surface area (Å²) in [4.78, 5) is 4.16. The molecule has 0 bridgehead atoms. The fourth-order valence-electron chi connectivity index (χ4n) is 1.59. The molecule has 1 heterocycles. The van der Waals surface area contributed by atoms with E-state index in [0.717, 1.165) is 22.7 Å². The minimum atomic E-state index is 0.498. The lowest BCUT2D eigenvalue weighted by Crippen LogP contribution is -1.99. The summed E-state index contributed by atoms with van der Waals surface area (Å²) in [6.45, 7) is 2.50. The van der Waals surface area contributed by atoms with Gasteiger partial charge in [-0.25, -0.2) is 4.98 Å². The van der Waals surface area contributed by atoms with Crippen LogP contribution in [-0.4, -0.2) is 12.0 Å². The summed E-state index contributed by atoms with van der Waals surface area (Å²) in [7, 11) is 1.84. The van der Waals surface area contributed by atoms with Crippen molar-refractivity contribution in [3.05, 3.63) is 52.7 Å². The van der Waals surface area contributed by atoms with Crippen molar-refractivity contribution in [3.8, 4) is 5.75 Å². The predicted octanol–water partition coefficient (Wildman–Crippen LogP) is 3.66. The SMILES string of the molecule is CNc1cc(COc2cc(Cl)ccc2C)ccn1. The van der Waals surface area contributed by atoms with Gasteiger partial charge in [-0.05, 0) is 42.3 Å². The number of aromatic nitrogens is 1. The van der Waals surface area contributed by atoms with Gasteiger partial charge in [-0.2, -0.15) is 0 Å². The fraction of sp³-hybridized carbons (Fsp3) is 0.214. The van der Waals surface area contributed by atoms with Crippen LogP contribution < -0.4 is 10.1 Å². The van der Waals surface area contributed by atoms with Gasteiger partial charge < -0.3 is 10.1 Å². The van der Waals surface area contributed by atoms with Gasteiger partial charge in [0, 0.05) is 18.3 Å². The van der Waals surface area contributed by atoms with Crippen LogP contribution in [0, 0.1) is 6.92 Å². The molecule has 94 valence electrons. The first kappa shape index (κ1) is 12.7. The van der Waals surface area contributed by atoms with Crippen LogP contribution in [0.3, 0.4) is 0 Å². The summed E-state index contributed by atoms with van der Waals surface area (Å²) in [5.41, 5.74) is 2.14. The minimum Gasteiger partial charge on any atom is -0.489 e. The second-order valence-electron chi connectivity index (χ2n) is 4.00. The summed E-state index contributed by atoms with van der Waals surface area (Å²) < 4.78 is 5.76. The molecule has 2 rings (SSSR count). The highest BCUT2D eigenvalue weighted by molar-refractivity contribution is 6.30. The Balaban J connectivity index is 2.08. The molecule has 0 aliphatic heterocycles. The van der Waals surface area contributed by atoms with Crippen molar-refractivity contribution in [1.29, 1.82) is 0 Å². The number of aryl methyl sites for hydroxylation is 1. The van der Waals surface area contributed by atoms with Gasteiger partial charge in [0.25, 0.3) is 0 Å². The lowest BCUT2D eigenvalue weighted by molar-refractivity contribution is 0.304. The Hall–Kier alpha value is -1.74. The lowest BCUT2D eigenvalue weighted by Gasteiger charge is -2.10. The maximum absolute atomic E-state index is 5.95. The molecule has 0 aliphatic rings. The van der Waals surface area contributed by atoms with Crippen molar-refractivity contribution in [3.63, 3.8) is 0 Å². The first-order valence-corrected chi connectivity index (χ1v) is 6.08. The summed E-state index contributed by atoms with van der Waals surface area (Å²) in [5.74, 6) is 1.64. The lowest BCUT2D eigenvalue weighted by atomic mass is 10.2. The van der Waals surface area contributed by atoms with Gasteiger partial charge in [-0.1, -0.05) is 17.7 Å². The molecule has 0 unspecified atom stereocenters. The molecule has 0 amide bonds. The van der Waals surface area contributed by atoms with Gasteiger partial charge in [0.2, 0.25) is 0 Å². The monoisotopic (exact) mass is 262 g/mol. The van der Waals surface area contributed by atoms with Gasteiger partial charge in [0.15, 0.2) is 0 Å². The zero-order valence-corrected chi connectivity index (χ0v) is 11.2. The number of hydrogen-bond acceptors (Lipinski definition) is 3. The topological polar surface area (TPSA) is 34.1 Å². The Labute approximate surface area is 112 Å². The Bertz CT molecular complexity index is 543. The van der Waals surface area contributed by atoms with E-state index in [9.17, 15) is 0 Å². The number of hydrogen-bond donors (Lipinski definition) is 1. The number of benzene rings is 1. The van der Waals surface area contributed by atoms with Crippen molar-refractivity contribution >= 4 is 17.4 Å². The quantitative estimate of drug-likeness (QED) is 0.913. The van der Waals surface area contributed by atoms with Gasteiger partial charge in [-0.15, -0.1) is 0 Å². The Morgan fingerprint density at radius 1 is 1.28 bits per heavy atom. The Kier molecular flexibility index (Phi) is 4.05. The summed E-state index contributed by atoms with van der Waals surface area (Å²) >= 11 is 5.95. The van der Waals surface area contributed by atoms with Crippen LogP contribution in [0.4, 0.5) is 5.82 Å². The molecule has 2 aromatic rings. The molecule has 1 N–H and O–H groups in total. The van der Waals surface area contributed by atoms with Crippen LogP contribution in [-0.2, 0) is 6.61 Å². The molecule has 0 saturated heterocycles. The average molecular weight is 263 g/mol. The largest absolute Gasteiger partial charge is 0.489 e. The zero-order valence-electron chi connectivity index (χ0n) is 10.4. The predicted molar refractivity (Wildman–Crippen MR) is 74.3 cm³/mol. The standard InChI is InChI=1S/C14H15ClN2O/c1-10-3-4-12(15)8-13(10)18-9-11-5-6-17-14(7-11)16-2/h3-8H,9H2,1-2H3,(H,16,17). The third-order valence-electron chi connectivity index (χ3n) is 2.63. The van der Waals surface area contributed by atoms with Crippen molar-refractivity contribution in [2.45, 2.75) is 13.5 Å². The molecule has 3 nitrogen and oxygen atoms in total. The first-order chi connectivity index (χ1) is 8.69. The third-order valence-corrected chi connectivity index (χ3v) is 2.86. The highest BCUT2D eigenvalue weighted by atomic mass is 35.5. The van der Waals surface area contributed by atoms with Crippen molar-refractivity contribution < 1.29 is 4.74 Å². The number of halogens is 1. The fourth-order valence-corrected chi connectivity index (χ4v) is 1.75. The van der Waals surface area contributed by atoms with Gasteiger partial charge in [0.1, 0.15) is 18.2 Å². The summed E-state index contributed by atoms with van der Waals surface area (Å²) in [5, 5.41) is 3.68. The van der Waals surface area contributed by atoms with Crippen LogP contribution in [0.5, 0.6) is 5.75 Å². The van der Waals surface area contributed by atoms with Gasteiger partial charge >= 0.3 is 0 Å². The Morgan fingerprint density at radius 2 is 2.11 bits per heavy atom. The molecular weight excluding hydrogens is 248 g/mol. The normalized spacial score (nSPS) is 10.2. The molecule has 4 heteroatoms. The van der Waals surface area contributed by atoms with Crippen molar-refractivity contribution in [2.24, 2.45) is 0 Å². The number of ether oxygens (including phenoxy) is 1. The number of pyridine rings is 1. The minimum absolute atomic E-state index is 0.498. The van der Waals surface area contributed by atoms with Crippen LogP contribution >= 0.6 is 11.6 Å². The van der Waals surface area contributed by atoms with Gasteiger partial charge in [0.05, 0.1) is 0 Å². The van der Waals surface area contributed by atoms with E-state index in [0.29, 0.717) is 11.6 Å². The van der Waals surface area contributed by atoms with Crippen LogP contribution in [0.25, 0.3) is 0 Å². The smallest absolute Gasteiger partial charge is 0.126 e. The highest BCUT2D eigenvalue weighted by Crippen LogP contribution is 2.23. The summed E-state index contributed by atoms with van der Waals surface area (Å²) in [6, 6.07) is 9.52. The second-order valence-corrected chi connectivity index (χ2v) is 4.43. The molecule has 1 aromatic carbocycles. The highest BCUT2D eigenvalue weighted by Gasteiger charge is 2.02. The number of anilines is 1. The molecule has 0 atom stereocenters. The van der Waals surface area contributed by atoms with E-state index in [4.69, 9.17) is 16.3 Å². The molecular formula is C14H15ClN2O. The van der Waals surface area contributed by atoms with E-state index in [-0.39, 0.29) is 0 Å². The summed E-state index contributed by atoms with van der Waals surface area (Å²) in [6.07, 6.45) is 1.76. The van der Waals surface area contributed by atoms with Crippen LogP contribution in [0.15, 0.2) is 36.5 Å². The van der Waals surface area contributed by atoms with Crippen LogP contribution in [0.2, 0.25) is 5.02 Å². The van der Waals surface area contributed by atoms with Crippen molar-refractivity contribution in [2.75, 3.05) is 12.4 Å². The maximum atomic E-state index is 5.95. The molecule has 0 fully saturated rings. The van der Waals surface area contributed by atoms with Crippen molar-refractivity contribution in [1.82, 2.24) is 4.98 Å². The van der Waals surface area contributed by atoms with E-state index in [1.807, 2.05) is 44.3 Å². The van der Waals surface area contributed by atoms with E-state index in [1.165, 1.54) is 0 Å². The second kappa shape index (κ2) is 5.74. The van der Waals surface area contributed by atoms with E-state index < -0.39 is 0 Å².